The van der Waals surface area contributed by atoms with Gasteiger partial charge in [0.05, 0.1) is 0 Å². The number of sulfone groups is 1. The minimum atomic E-state index is -3.22. The van der Waals surface area contributed by atoms with E-state index >= 15 is 0 Å². The van der Waals surface area contributed by atoms with Crippen LogP contribution in [-0.4, -0.2) is 38.1 Å². The molecule has 1 unspecified atom stereocenters. The van der Waals surface area contributed by atoms with Crippen molar-refractivity contribution in [1.29, 1.82) is 0 Å². The maximum absolute atomic E-state index is 13.8. The summed E-state index contributed by atoms with van der Waals surface area (Å²) in [6, 6.07) is 2.78. The molecule has 0 amide bonds. The van der Waals surface area contributed by atoms with E-state index in [1.54, 1.807) is 31.7 Å². The number of aryl methyl sites for hydroxylation is 1. The molecule has 0 bridgehead atoms. The molecule has 1 fully saturated rings. The molecule has 0 saturated carbocycles. The largest absolute Gasteiger partial charge is 0.353 e. The van der Waals surface area contributed by atoms with Crippen LogP contribution < -0.4 is 10.6 Å². The Kier molecular flexibility index (Phi) is 4.85. The van der Waals surface area contributed by atoms with Crippen molar-refractivity contribution < 1.29 is 12.8 Å². The molecule has 1 saturated heterocycles. The molecule has 1 aromatic rings. The number of hydrogen-bond donors (Lipinski definition) is 1. The first kappa shape index (κ1) is 16.6. The first-order chi connectivity index (χ1) is 9.71. The molecule has 4 nitrogen and oxygen atoms in total. The van der Waals surface area contributed by atoms with Gasteiger partial charge in [-0.3, -0.25) is 0 Å². The molecule has 0 spiro atoms. The Bertz CT molecular complexity index is 632. The van der Waals surface area contributed by atoms with Crippen LogP contribution >= 0.6 is 11.8 Å². The van der Waals surface area contributed by atoms with Crippen LogP contribution in [0.3, 0.4) is 0 Å². The fourth-order valence-corrected chi connectivity index (χ4v) is 5.34. The molecule has 2 N–H and O–H groups in total. The van der Waals surface area contributed by atoms with Crippen molar-refractivity contribution in [2.45, 2.75) is 25.3 Å². The van der Waals surface area contributed by atoms with E-state index in [-0.39, 0.29) is 11.9 Å². The van der Waals surface area contributed by atoms with Gasteiger partial charge in [0.25, 0.3) is 0 Å². The highest BCUT2D eigenvalue weighted by Gasteiger charge is 2.32. The molecule has 0 aliphatic carbocycles. The number of halogens is 1. The highest BCUT2D eigenvalue weighted by atomic mass is 32.2. The van der Waals surface area contributed by atoms with Crippen molar-refractivity contribution in [3.05, 3.63) is 29.1 Å². The van der Waals surface area contributed by atoms with E-state index in [1.165, 1.54) is 12.3 Å². The van der Waals surface area contributed by atoms with Crippen molar-refractivity contribution in [2.24, 2.45) is 5.73 Å². The summed E-state index contributed by atoms with van der Waals surface area (Å²) in [5.41, 5.74) is 7.83. The number of nitrogens with zero attached hydrogens (tertiary/aromatic N) is 1. The zero-order valence-electron chi connectivity index (χ0n) is 12.5. The molecule has 7 heteroatoms. The fourth-order valence-electron chi connectivity index (χ4n) is 2.51. The quantitative estimate of drug-likeness (QED) is 0.918. The van der Waals surface area contributed by atoms with Crippen LogP contribution in [0.1, 0.15) is 24.1 Å². The lowest BCUT2D eigenvalue weighted by Gasteiger charge is -2.37. The molecule has 0 aromatic heterocycles. The van der Waals surface area contributed by atoms with E-state index in [4.69, 9.17) is 5.73 Å². The lowest BCUT2D eigenvalue weighted by Crippen LogP contribution is -2.47. The molecule has 0 radical (unpaired) electrons. The van der Waals surface area contributed by atoms with Gasteiger partial charge in [0.15, 0.2) is 9.84 Å². The standard InChI is InChI=1S/C14H21FN2O2S2/c1-9-6-13(11(10(2)16)7-12(9)15)17-4-5-20-8-14(17)21(3,18)19/h6-7,10,14H,4-5,8,16H2,1-3H3/t10-,14?/m1/s1. The van der Waals surface area contributed by atoms with Gasteiger partial charge < -0.3 is 10.6 Å². The number of thioether (sulfide) groups is 1. The lowest BCUT2D eigenvalue weighted by molar-refractivity contribution is 0.583. The molecule has 2 rings (SSSR count). The van der Waals surface area contributed by atoms with E-state index in [0.29, 0.717) is 23.4 Å². The van der Waals surface area contributed by atoms with Gasteiger partial charge in [0, 0.05) is 36.0 Å². The van der Waals surface area contributed by atoms with Crippen LogP contribution in [0.15, 0.2) is 12.1 Å². The number of nitrogens with two attached hydrogens (primary N) is 1. The van der Waals surface area contributed by atoms with Gasteiger partial charge >= 0.3 is 0 Å². The van der Waals surface area contributed by atoms with Crippen molar-refractivity contribution in [1.82, 2.24) is 0 Å². The number of benzene rings is 1. The molecular weight excluding hydrogens is 311 g/mol. The molecule has 2 atom stereocenters. The molecule has 1 aromatic carbocycles. The number of hydrogen-bond acceptors (Lipinski definition) is 5. The van der Waals surface area contributed by atoms with Crippen LogP contribution in [0.4, 0.5) is 10.1 Å². The zero-order chi connectivity index (χ0) is 15.8. The van der Waals surface area contributed by atoms with Crippen molar-refractivity contribution in [2.75, 3.05) is 29.2 Å². The average Bonchev–Trinajstić information content (AvgIpc) is 2.40. The summed E-state index contributed by atoms with van der Waals surface area (Å²) in [5, 5.41) is -0.585. The van der Waals surface area contributed by atoms with Crippen molar-refractivity contribution >= 4 is 27.3 Å². The molecular formula is C14H21FN2O2S2. The third-order valence-electron chi connectivity index (χ3n) is 3.69. The summed E-state index contributed by atoms with van der Waals surface area (Å²) in [6.45, 7) is 4.08. The zero-order valence-corrected chi connectivity index (χ0v) is 14.1. The summed E-state index contributed by atoms with van der Waals surface area (Å²) < 4.78 is 37.9. The van der Waals surface area contributed by atoms with E-state index < -0.39 is 15.2 Å². The summed E-state index contributed by atoms with van der Waals surface area (Å²) in [4.78, 5) is 1.86. The Hall–Kier alpha value is -0.790. The monoisotopic (exact) mass is 332 g/mol. The topological polar surface area (TPSA) is 63.4 Å². The Balaban J connectivity index is 2.55. The molecule has 1 aliphatic heterocycles. The van der Waals surface area contributed by atoms with Gasteiger partial charge in [-0.15, -0.1) is 0 Å². The van der Waals surface area contributed by atoms with Gasteiger partial charge in [-0.1, -0.05) is 0 Å². The Morgan fingerprint density at radius 2 is 2.14 bits per heavy atom. The fraction of sp³-hybridized carbons (Fsp3) is 0.571. The van der Waals surface area contributed by atoms with Crippen molar-refractivity contribution in [3.8, 4) is 0 Å². The predicted octanol–water partition coefficient (Wildman–Crippen LogP) is 2.08. The minimum Gasteiger partial charge on any atom is -0.353 e. The Morgan fingerprint density at radius 1 is 1.48 bits per heavy atom. The molecule has 21 heavy (non-hydrogen) atoms. The molecule has 118 valence electrons. The van der Waals surface area contributed by atoms with Gasteiger partial charge in [-0.25, -0.2) is 12.8 Å². The van der Waals surface area contributed by atoms with Crippen LogP contribution in [0.2, 0.25) is 0 Å². The second kappa shape index (κ2) is 6.14. The Labute approximate surface area is 129 Å². The Morgan fingerprint density at radius 3 is 2.71 bits per heavy atom. The number of anilines is 1. The third kappa shape index (κ3) is 3.52. The smallest absolute Gasteiger partial charge is 0.169 e. The van der Waals surface area contributed by atoms with E-state index in [2.05, 4.69) is 0 Å². The second-order valence-corrected chi connectivity index (χ2v) is 8.85. The predicted molar refractivity (Wildman–Crippen MR) is 87.0 cm³/mol. The first-order valence-electron chi connectivity index (χ1n) is 6.80. The maximum atomic E-state index is 13.8. The summed E-state index contributed by atoms with van der Waals surface area (Å²) in [5.74, 6) is 1.06. The first-order valence-corrected chi connectivity index (χ1v) is 9.91. The third-order valence-corrected chi connectivity index (χ3v) is 6.33. The van der Waals surface area contributed by atoms with Crippen LogP contribution in [0, 0.1) is 12.7 Å². The molecule has 1 heterocycles. The highest BCUT2D eigenvalue weighted by molar-refractivity contribution is 8.01. The minimum absolute atomic E-state index is 0.312. The lowest BCUT2D eigenvalue weighted by atomic mass is 10.0. The second-order valence-electron chi connectivity index (χ2n) is 5.50. The van der Waals surface area contributed by atoms with E-state index in [1.807, 2.05) is 4.90 Å². The number of rotatable bonds is 3. The van der Waals surface area contributed by atoms with Crippen LogP contribution in [0.25, 0.3) is 0 Å². The summed E-state index contributed by atoms with van der Waals surface area (Å²) in [6.07, 6.45) is 1.25. The van der Waals surface area contributed by atoms with E-state index in [0.717, 1.165) is 11.4 Å². The van der Waals surface area contributed by atoms with Gasteiger partial charge in [-0.05, 0) is 37.1 Å². The molecule has 1 aliphatic rings. The highest BCUT2D eigenvalue weighted by Crippen LogP contribution is 2.33. The van der Waals surface area contributed by atoms with Gasteiger partial charge in [-0.2, -0.15) is 11.8 Å². The van der Waals surface area contributed by atoms with Gasteiger partial charge in [0.1, 0.15) is 11.2 Å². The normalized spacial score (nSPS) is 21.4. The SMILES string of the molecule is Cc1cc(N2CCSCC2S(C)(=O)=O)c([C@@H](C)N)cc1F. The van der Waals surface area contributed by atoms with Crippen LogP contribution in [-0.2, 0) is 9.84 Å². The summed E-state index contributed by atoms with van der Waals surface area (Å²) in [7, 11) is -3.22. The van der Waals surface area contributed by atoms with Crippen LogP contribution in [0.5, 0.6) is 0 Å². The summed E-state index contributed by atoms with van der Waals surface area (Å²) >= 11 is 1.62. The van der Waals surface area contributed by atoms with Gasteiger partial charge in [0.2, 0.25) is 0 Å². The maximum Gasteiger partial charge on any atom is 0.169 e. The van der Waals surface area contributed by atoms with E-state index in [9.17, 15) is 12.8 Å². The average molecular weight is 332 g/mol. The van der Waals surface area contributed by atoms with Crippen molar-refractivity contribution in [3.63, 3.8) is 0 Å².